The summed E-state index contributed by atoms with van der Waals surface area (Å²) >= 11 is 5.75. The van der Waals surface area contributed by atoms with Crippen molar-refractivity contribution in [2.24, 2.45) is 5.73 Å². The third-order valence-corrected chi connectivity index (χ3v) is 1.99. The summed E-state index contributed by atoms with van der Waals surface area (Å²) in [5.41, 5.74) is 5.78. The van der Waals surface area contributed by atoms with Crippen LogP contribution in [0.4, 0.5) is 5.69 Å². The van der Waals surface area contributed by atoms with Crippen LogP contribution in [0, 0.1) is 0 Å². The smallest absolute Gasteiger partial charge is 0.322 e. The van der Waals surface area contributed by atoms with Gasteiger partial charge in [-0.1, -0.05) is 11.6 Å². The van der Waals surface area contributed by atoms with Crippen LogP contribution in [0.1, 0.15) is 10.4 Å². The van der Waals surface area contributed by atoms with Gasteiger partial charge in [-0.3, -0.25) is 9.59 Å². The highest BCUT2D eigenvalue weighted by molar-refractivity contribution is 6.34. The molecule has 0 aliphatic rings. The summed E-state index contributed by atoms with van der Waals surface area (Å²) in [5, 5.41) is 11.2. The Labute approximate surface area is 90.8 Å². The van der Waals surface area contributed by atoms with E-state index in [0.717, 1.165) is 0 Å². The van der Waals surface area contributed by atoms with Crippen molar-refractivity contribution < 1.29 is 14.7 Å². The van der Waals surface area contributed by atoms with Crippen LogP contribution in [0.15, 0.2) is 18.2 Å². The van der Waals surface area contributed by atoms with Gasteiger partial charge in [-0.2, -0.15) is 0 Å². The quantitative estimate of drug-likeness (QED) is 0.715. The lowest BCUT2D eigenvalue weighted by molar-refractivity contribution is -0.134. The Kier molecular flexibility index (Phi) is 3.51. The maximum absolute atomic E-state index is 10.8. The van der Waals surface area contributed by atoms with E-state index in [2.05, 4.69) is 5.32 Å². The number of nitrogens with two attached hydrogens (primary N) is 1. The van der Waals surface area contributed by atoms with Gasteiger partial charge in [0.15, 0.2) is 0 Å². The molecular formula is C9H9ClN2O3. The molecule has 0 atom stereocenters. The van der Waals surface area contributed by atoms with Gasteiger partial charge >= 0.3 is 5.97 Å². The van der Waals surface area contributed by atoms with Gasteiger partial charge in [-0.25, -0.2) is 0 Å². The third-order valence-electron chi connectivity index (χ3n) is 1.68. The molecule has 0 aliphatic carbocycles. The number of benzene rings is 1. The molecule has 80 valence electrons. The van der Waals surface area contributed by atoms with E-state index in [1.807, 2.05) is 0 Å². The minimum atomic E-state index is -0.981. The Morgan fingerprint density at radius 3 is 2.60 bits per heavy atom. The van der Waals surface area contributed by atoms with Crippen LogP contribution in [0.25, 0.3) is 0 Å². The Balaban J connectivity index is 2.82. The van der Waals surface area contributed by atoms with Gasteiger partial charge in [-0.15, -0.1) is 0 Å². The zero-order chi connectivity index (χ0) is 11.4. The lowest BCUT2D eigenvalue weighted by Gasteiger charge is -2.05. The summed E-state index contributed by atoms with van der Waals surface area (Å²) < 4.78 is 0. The number of amides is 1. The van der Waals surface area contributed by atoms with E-state index >= 15 is 0 Å². The van der Waals surface area contributed by atoms with Crippen molar-refractivity contribution in [3.05, 3.63) is 28.8 Å². The van der Waals surface area contributed by atoms with Gasteiger partial charge in [0.1, 0.15) is 6.54 Å². The number of carboxylic acids is 1. The number of primary amides is 1. The summed E-state index contributed by atoms with van der Waals surface area (Å²) in [4.78, 5) is 21.1. The number of hydrogen-bond acceptors (Lipinski definition) is 3. The topological polar surface area (TPSA) is 92.4 Å². The molecule has 0 spiro atoms. The lowest BCUT2D eigenvalue weighted by atomic mass is 10.2. The van der Waals surface area contributed by atoms with Crippen molar-refractivity contribution in [2.45, 2.75) is 0 Å². The van der Waals surface area contributed by atoms with Gasteiger partial charge in [0.2, 0.25) is 5.91 Å². The Bertz CT molecular complexity index is 406. The molecule has 5 nitrogen and oxygen atoms in total. The number of rotatable bonds is 4. The fourth-order valence-electron chi connectivity index (χ4n) is 1.00. The van der Waals surface area contributed by atoms with Crippen LogP contribution >= 0.6 is 11.6 Å². The fourth-order valence-corrected chi connectivity index (χ4v) is 1.28. The summed E-state index contributed by atoms with van der Waals surface area (Å²) in [6, 6.07) is 4.42. The van der Waals surface area contributed by atoms with Crippen molar-refractivity contribution in [3.63, 3.8) is 0 Å². The normalized spacial score (nSPS) is 9.67. The largest absolute Gasteiger partial charge is 0.480 e. The molecule has 6 heteroatoms. The third kappa shape index (κ3) is 3.14. The Morgan fingerprint density at radius 2 is 2.13 bits per heavy atom. The van der Waals surface area contributed by atoms with Crippen molar-refractivity contribution in [2.75, 3.05) is 11.9 Å². The molecule has 0 saturated heterocycles. The second-order valence-electron chi connectivity index (χ2n) is 2.81. The number of carboxylic acid groups (broad SMARTS) is 1. The molecule has 1 rings (SSSR count). The van der Waals surface area contributed by atoms with Gasteiger partial charge in [-0.05, 0) is 18.2 Å². The minimum Gasteiger partial charge on any atom is -0.480 e. The average molecular weight is 229 g/mol. The van der Waals surface area contributed by atoms with Crippen molar-refractivity contribution >= 4 is 29.2 Å². The van der Waals surface area contributed by atoms with E-state index in [-0.39, 0.29) is 17.1 Å². The molecule has 1 aromatic carbocycles. The molecule has 1 aromatic rings. The first kappa shape index (κ1) is 11.3. The van der Waals surface area contributed by atoms with E-state index in [4.69, 9.17) is 22.4 Å². The van der Waals surface area contributed by atoms with Crippen molar-refractivity contribution in [1.82, 2.24) is 0 Å². The summed E-state index contributed by atoms with van der Waals surface area (Å²) in [5.74, 6) is -1.60. The van der Waals surface area contributed by atoms with Gasteiger partial charge in [0.25, 0.3) is 0 Å². The van der Waals surface area contributed by atoms with Crippen LogP contribution in [0.2, 0.25) is 5.02 Å². The van der Waals surface area contributed by atoms with Crippen LogP contribution in [0.3, 0.4) is 0 Å². The van der Waals surface area contributed by atoms with E-state index in [1.54, 1.807) is 0 Å². The number of carbonyl (C=O) groups is 2. The van der Waals surface area contributed by atoms with Crippen LogP contribution < -0.4 is 11.1 Å². The zero-order valence-electron chi connectivity index (χ0n) is 7.66. The highest BCUT2D eigenvalue weighted by Crippen LogP contribution is 2.20. The van der Waals surface area contributed by atoms with Crippen molar-refractivity contribution in [3.8, 4) is 0 Å². The molecule has 15 heavy (non-hydrogen) atoms. The number of anilines is 1. The van der Waals surface area contributed by atoms with E-state index in [0.29, 0.717) is 5.69 Å². The summed E-state index contributed by atoms with van der Waals surface area (Å²) in [6.45, 7) is -0.216. The van der Waals surface area contributed by atoms with Crippen molar-refractivity contribution in [1.29, 1.82) is 0 Å². The zero-order valence-corrected chi connectivity index (χ0v) is 8.41. The summed E-state index contributed by atoms with van der Waals surface area (Å²) in [7, 11) is 0. The minimum absolute atomic E-state index is 0.192. The molecule has 0 bridgehead atoms. The molecule has 0 unspecified atom stereocenters. The fraction of sp³-hybridized carbons (Fsp3) is 0.111. The maximum atomic E-state index is 10.8. The molecule has 0 radical (unpaired) electrons. The van der Waals surface area contributed by atoms with E-state index in [9.17, 15) is 9.59 Å². The predicted octanol–water partition coefficient (Wildman–Crippen LogP) is 0.935. The number of nitrogens with one attached hydrogen (secondary N) is 1. The highest BCUT2D eigenvalue weighted by Gasteiger charge is 2.07. The Morgan fingerprint density at radius 1 is 1.47 bits per heavy atom. The van der Waals surface area contributed by atoms with Gasteiger partial charge < -0.3 is 16.2 Å². The van der Waals surface area contributed by atoms with E-state index < -0.39 is 11.9 Å². The molecule has 1 amide bonds. The molecular weight excluding hydrogens is 220 g/mol. The molecule has 0 aliphatic heterocycles. The monoisotopic (exact) mass is 228 g/mol. The number of hydrogen-bond donors (Lipinski definition) is 3. The SMILES string of the molecule is NC(=O)c1ccc(NCC(=O)O)cc1Cl. The first-order valence-corrected chi connectivity index (χ1v) is 4.43. The highest BCUT2D eigenvalue weighted by atomic mass is 35.5. The molecule has 0 fully saturated rings. The lowest BCUT2D eigenvalue weighted by Crippen LogP contribution is -2.14. The van der Waals surface area contributed by atoms with Crippen LogP contribution in [-0.4, -0.2) is 23.5 Å². The van der Waals surface area contributed by atoms with Crippen LogP contribution in [0.5, 0.6) is 0 Å². The second kappa shape index (κ2) is 4.65. The standard InChI is InChI=1S/C9H9ClN2O3/c10-7-3-5(12-4-8(13)14)1-2-6(7)9(11)15/h1-3,12H,4H2,(H2,11,15)(H,13,14). The van der Waals surface area contributed by atoms with Gasteiger partial charge in [0.05, 0.1) is 10.6 Å². The van der Waals surface area contributed by atoms with Gasteiger partial charge in [0, 0.05) is 5.69 Å². The first-order chi connectivity index (χ1) is 7.00. The number of halogens is 1. The molecule has 4 N–H and O–H groups in total. The average Bonchev–Trinajstić information content (AvgIpc) is 2.14. The summed E-state index contributed by atoms with van der Waals surface area (Å²) in [6.07, 6.45) is 0. The number of carbonyl (C=O) groups excluding carboxylic acids is 1. The second-order valence-corrected chi connectivity index (χ2v) is 3.21. The molecule has 0 heterocycles. The van der Waals surface area contributed by atoms with Crippen LogP contribution in [-0.2, 0) is 4.79 Å². The maximum Gasteiger partial charge on any atom is 0.322 e. The molecule has 0 aromatic heterocycles. The first-order valence-electron chi connectivity index (χ1n) is 4.05. The van der Waals surface area contributed by atoms with E-state index in [1.165, 1.54) is 18.2 Å². The number of aliphatic carboxylic acids is 1. The Hall–Kier alpha value is -1.75. The predicted molar refractivity (Wildman–Crippen MR) is 56.1 cm³/mol. The molecule has 0 saturated carbocycles.